The van der Waals surface area contributed by atoms with Gasteiger partial charge in [-0.1, -0.05) is 5.16 Å². The first-order valence-corrected chi connectivity index (χ1v) is 7.14. The highest BCUT2D eigenvalue weighted by atomic mass is 16.5. The Kier molecular flexibility index (Phi) is 5.46. The van der Waals surface area contributed by atoms with Crippen LogP contribution in [0.5, 0.6) is 0 Å². The number of hydrogen-bond donors (Lipinski definition) is 1. The summed E-state index contributed by atoms with van der Waals surface area (Å²) in [6, 6.07) is 0.480. The predicted molar refractivity (Wildman–Crippen MR) is 77.9 cm³/mol. The lowest BCUT2D eigenvalue weighted by molar-refractivity contribution is 0.199. The maximum atomic E-state index is 5.20. The van der Waals surface area contributed by atoms with E-state index >= 15 is 0 Å². The molecule has 1 N–H and O–H groups in total. The maximum Gasteiger partial charge on any atom is 0.240 e. The number of hydrogen-bond acceptors (Lipinski definition) is 6. The number of ether oxygens (including phenoxy) is 1. The molecule has 0 saturated carbocycles. The Morgan fingerprint density at radius 3 is 2.90 bits per heavy atom. The van der Waals surface area contributed by atoms with Crippen molar-refractivity contribution in [2.24, 2.45) is 0 Å². The standard InChI is InChI=1S/C14H23N5O2/c1-10-7-16-19(9-10)12(3)11(2)15-8-14-17-13(18-21-14)5-6-20-4/h7,9,11-12,15H,5-6,8H2,1-4H3/t11-,12+/m1/s1. The maximum absolute atomic E-state index is 5.20. The third kappa shape index (κ3) is 4.37. The van der Waals surface area contributed by atoms with Crippen LogP contribution in [-0.4, -0.2) is 39.7 Å². The highest BCUT2D eigenvalue weighted by Crippen LogP contribution is 2.11. The lowest BCUT2D eigenvalue weighted by Gasteiger charge is -2.20. The molecule has 116 valence electrons. The Labute approximate surface area is 124 Å². The monoisotopic (exact) mass is 293 g/mol. The second-order valence-corrected chi connectivity index (χ2v) is 5.26. The molecule has 0 bridgehead atoms. The minimum Gasteiger partial charge on any atom is -0.384 e. The molecule has 0 radical (unpaired) electrons. The van der Waals surface area contributed by atoms with Gasteiger partial charge in [0.25, 0.3) is 0 Å². The lowest BCUT2D eigenvalue weighted by Crippen LogP contribution is -2.33. The van der Waals surface area contributed by atoms with Gasteiger partial charge in [0.1, 0.15) is 0 Å². The fraction of sp³-hybridized carbons (Fsp3) is 0.643. The van der Waals surface area contributed by atoms with Gasteiger partial charge in [0.05, 0.1) is 25.4 Å². The fourth-order valence-corrected chi connectivity index (χ4v) is 1.96. The van der Waals surface area contributed by atoms with E-state index in [0.717, 1.165) is 5.56 Å². The average Bonchev–Trinajstić information content (AvgIpc) is 3.10. The molecule has 7 heteroatoms. The Hall–Kier alpha value is -1.73. The summed E-state index contributed by atoms with van der Waals surface area (Å²) in [5, 5.41) is 11.6. The van der Waals surface area contributed by atoms with Gasteiger partial charge in [-0.25, -0.2) is 0 Å². The molecule has 2 heterocycles. The molecule has 0 amide bonds. The van der Waals surface area contributed by atoms with E-state index in [1.165, 1.54) is 0 Å². The van der Waals surface area contributed by atoms with E-state index in [2.05, 4.69) is 34.4 Å². The van der Waals surface area contributed by atoms with E-state index in [9.17, 15) is 0 Å². The zero-order valence-corrected chi connectivity index (χ0v) is 13.0. The van der Waals surface area contributed by atoms with E-state index in [1.54, 1.807) is 7.11 Å². The van der Waals surface area contributed by atoms with Crippen LogP contribution in [0.2, 0.25) is 0 Å². The van der Waals surface area contributed by atoms with Crippen LogP contribution in [-0.2, 0) is 17.7 Å². The lowest BCUT2D eigenvalue weighted by atomic mass is 10.2. The van der Waals surface area contributed by atoms with Crippen molar-refractivity contribution in [3.8, 4) is 0 Å². The Morgan fingerprint density at radius 2 is 2.24 bits per heavy atom. The number of rotatable bonds is 8. The molecule has 0 fully saturated rings. The summed E-state index contributed by atoms with van der Waals surface area (Å²) in [7, 11) is 1.66. The molecule has 0 saturated heterocycles. The van der Waals surface area contributed by atoms with Gasteiger partial charge in [-0.2, -0.15) is 10.1 Å². The average molecular weight is 293 g/mol. The SMILES string of the molecule is COCCc1noc(CN[C@H](C)[C@H](C)n2cc(C)cn2)n1. The summed E-state index contributed by atoms with van der Waals surface area (Å²) in [4.78, 5) is 4.31. The number of nitrogens with one attached hydrogen (secondary N) is 1. The van der Waals surface area contributed by atoms with Gasteiger partial charge in [0.2, 0.25) is 5.89 Å². The van der Waals surface area contributed by atoms with Gasteiger partial charge >= 0.3 is 0 Å². The molecular formula is C14H23N5O2. The first-order valence-electron chi connectivity index (χ1n) is 7.14. The van der Waals surface area contributed by atoms with Gasteiger partial charge in [0.15, 0.2) is 5.82 Å². The molecule has 2 atom stereocenters. The molecule has 0 aliphatic heterocycles. The second-order valence-electron chi connectivity index (χ2n) is 5.26. The van der Waals surface area contributed by atoms with E-state index in [4.69, 9.17) is 9.26 Å². The first-order chi connectivity index (χ1) is 10.1. The predicted octanol–water partition coefficient (Wildman–Crippen LogP) is 1.50. The van der Waals surface area contributed by atoms with Crippen molar-refractivity contribution in [3.63, 3.8) is 0 Å². The molecule has 0 spiro atoms. The van der Waals surface area contributed by atoms with Crippen LogP contribution in [0.4, 0.5) is 0 Å². The van der Waals surface area contributed by atoms with Crippen molar-refractivity contribution in [2.45, 2.75) is 45.8 Å². The zero-order valence-electron chi connectivity index (χ0n) is 13.0. The largest absolute Gasteiger partial charge is 0.384 e. The molecule has 21 heavy (non-hydrogen) atoms. The summed E-state index contributed by atoms with van der Waals surface area (Å²) < 4.78 is 12.2. The van der Waals surface area contributed by atoms with E-state index in [1.807, 2.05) is 24.0 Å². The van der Waals surface area contributed by atoms with Crippen LogP contribution < -0.4 is 5.32 Å². The van der Waals surface area contributed by atoms with Gasteiger partial charge in [-0.05, 0) is 26.3 Å². The molecule has 0 aromatic carbocycles. The van der Waals surface area contributed by atoms with Crippen LogP contribution in [0.15, 0.2) is 16.9 Å². The summed E-state index contributed by atoms with van der Waals surface area (Å²) >= 11 is 0. The first kappa shape index (κ1) is 15.7. The van der Waals surface area contributed by atoms with Crippen LogP contribution in [0.3, 0.4) is 0 Å². The van der Waals surface area contributed by atoms with Crippen molar-refractivity contribution in [2.75, 3.05) is 13.7 Å². The van der Waals surface area contributed by atoms with E-state index in [0.29, 0.717) is 31.3 Å². The van der Waals surface area contributed by atoms with Gasteiger partial charge in [-0.3, -0.25) is 4.68 Å². The highest BCUT2D eigenvalue weighted by molar-refractivity contribution is 5.00. The molecule has 2 aromatic rings. The third-order valence-corrected chi connectivity index (χ3v) is 3.49. The van der Waals surface area contributed by atoms with Crippen LogP contribution >= 0.6 is 0 Å². The molecule has 2 aromatic heterocycles. The zero-order chi connectivity index (χ0) is 15.2. The Balaban J connectivity index is 1.83. The Bertz CT molecular complexity index is 551. The highest BCUT2D eigenvalue weighted by Gasteiger charge is 2.15. The molecule has 7 nitrogen and oxygen atoms in total. The second kappa shape index (κ2) is 7.33. The minimum absolute atomic E-state index is 0.235. The third-order valence-electron chi connectivity index (χ3n) is 3.49. The van der Waals surface area contributed by atoms with Crippen molar-refractivity contribution >= 4 is 0 Å². The number of aryl methyl sites for hydroxylation is 1. The van der Waals surface area contributed by atoms with Crippen LogP contribution in [0.1, 0.15) is 37.2 Å². The minimum atomic E-state index is 0.235. The summed E-state index contributed by atoms with van der Waals surface area (Å²) in [5.41, 5.74) is 1.16. The molecule has 0 aliphatic carbocycles. The van der Waals surface area contributed by atoms with Crippen molar-refractivity contribution in [1.29, 1.82) is 0 Å². The fourth-order valence-electron chi connectivity index (χ4n) is 1.96. The molecule has 2 rings (SSSR count). The number of nitrogens with zero attached hydrogens (tertiary/aromatic N) is 4. The Morgan fingerprint density at radius 1 is 1.43 bits per heavy atom. The summed E-state index contributed by atoms with van der Waals surface area (Å²) in [6.45, 7) is 7.42. The summed E-state index contributed by atoms with van der Waals surface area (Å²) in [6.07, 6.45) is 4.57. The normalized spacial score (nSPS) is 14.3. The number of aromatic nitrogens is 4. The molecule has 0 unspecified atom stereocenters. The van der Waals surface area contributed by atoms with Crippen LogP contribution in [0, 0.1) is 6.92 Å². The van der Waals surface area contributed by atoms with Crippen molar-refractivity contribution in [1.82, 2.24) is 25.2 Å². The molecule has 0 aliphatic rings. The quantitative estimate of drug-likeness (QED) is 0.794. The van der Waals surface area contributed by atoms with E-state index < -0.39 is 0 Å². The topological polar surface area (TPSA) is 78.0 Å². The van der Waals surface area contributed by atoms with Gasteiger partial charge in [0, 0.05) is 25.8 Å². The van der Waals surface area contributed by atoms with E-state index in [-0.39, 0.29) is 12.1 Å². The smallest absolute Gasteiger partial charge is 0.240 e. The van der Waals surface area contributed by atoms with Crippen LogP contribution in [0.25, 0.3) is 0 Å². The number of methoxy groups -OCH3 is 1. The van der Waals surface area contributed by atoms with Gasteiger partial charge < -0.3 is 14.6 Å². The van der Waals surface area contributed by atoms with Crippen molar-refractivity contribution < 1.29 is 9.26 Å². The summed E-state index contributed by atoms with van der Waals surface area (Å²) in [5.74, 6) is 1.27. The van der Waals surface area contributed by atoms with Gasteiger partial charge in [-0.15, -0.1) is 0 Å². The van der Waals surface area contributed by atoms with Crippen molar-refractivity contribution in [3.05, 3.63) is 29.7 Å². The molecular weight excluding hydrogens is 270 g/mol.